The number of hydrogen-bond acceptors (Lipinski definition) is 5. The van der Waals surface area contributed by atoms with Crippen LogP contribution in [0.4, 0.5) is 0 Å². The number of sulfone groups is 1. The summed E-state index contributed by atoms with van der Waals surface area (Å²) in [4.78, 5) is -0.430. The predicted molar refractivity (Wildman–Crippen MR) is 91.2 cm³/mol. The quantitative estimate of drug-likeness (QED) is 0.777. The zero-order valence-corrected chi connectivity index (χ0v) is 15.3. The third-order valence-electron chi connectivity index (χ3n) is 3.48. The Morgan fingerprint density at radius 1 is 0.958 bits per heavy atom. The molecule has 0 fully saturated rings. The first-order valence-corrected chi connectivity index (χ1v) is 10.4. The van der Waals surface area contributed by atoms with Gasteiger partial charge in [0.1, 0.15) is 10.6 Å². The van der Waals surface area contributed by atoms with Gasteiger partial charge in [0, 0.05) is 19.8 Å². The van der Waals surface area contributed by atoms with Gasteiger partial charge >= 0.3 is 0 Å². The maximum Gasteiger partial charge on any atom is 0.244 e. The second-order valence-electron chi connectivity index (χ2n) is 5.33. The van der Waals surface area contributed by atoms with Crippen molar-refractivity contribution in [3.63, 3.8) is 0 Å². The maximum absolute atomic E-state index is 12.8. The van der Waals surface area contributed by atoms with Crippen molar-refractivity contribution >= 4 is 19.9 Å². The van der Waals surface area contributed by atoms with Crippen LogP contribution in [-0.2, 0) is 26.4 Å². The summed E-state index contributed by atoms with van der Waals surface area (Å²) in [6.45, 7) is 0.0949. The maximum atomic E-state index is 12.8. The van der Waals surface area contributed by atoms with Crippen LogP contribution in [0.3, 0.4) is 0 Å². The Balaban J connectivity index is 2.40. The molecule has 0 saturated carbocycles. The molecule has 0 aromatic heterocycles. The molecule has 24 heavy (non-hydrogen) atoms. The van der Waals surface area contributed by atoms with Gasteiger partial charge in [-0.3, -0.25) is 0 Å². The molecular formula is C16H19NO5S2. The average molecular weight is 369 g/mol. The van der Waals surface area contributed by atoms with Crippen LogP contribution in [0.5, 0.6) is 5.75 Å². The summed E-state index contributed by atoms with van der Waals surface area (Å²) < 4.78 is 55.5. The van der Waals surface area contributed by atoms with E-state index in [-0.39, 0.29) is 16.3 Å². The van der Waals surface area contributed by atoms with E-state index >= 15 is 0 Å². The monoisotopic (exact) mass is 369 g/mol. The van der Waals surface area contributed by atoms with E-state index < -0.39 is 19.9 Å². The highest BCUT2D eigenvalue weighted by atomic mass is 32.2. The molecule has 130 valence electrons. The minimum atomic E-state index is -3.96. The molecule has 0 saturated heterocycles. The number of methoxy groups -OCH3 is 1. The fourth-order valence-electron chi connectivity index (χ4n) is 2.25. The molecule has 2 aromatic carbocycles. The normalized spacial score (nSPS) is 12.3. The largest absolute Gasteiger partial charge is 0.497 e. The van der Waals surface area contributed by atoms with E-state index in [0.717, 1.165) is 16.1 Å². The molecule has 0 amide bonds. The fourth-order valence-corrected chi connectivity index (χ4v) is 5.01. The molecule has 0 unspecified atom stereocenters. The minimum absolute atomic E-state index is 0.0949. The van der Waals surface area contributed by atoms with Crippen LogP contribution in [0.1, 0.15) is 5.56 Å². The van der Waals surface area contributed by atoms with Gasteiger partial charge in [0.25, 0.3) is 0 Å². The molecule has 0 aliphatic heterocycles. The summed E-state index contributed by atoms with van der Waals surface area (Å²) in [5, 5.41) is 0. The summed E-state index contributed by atoms with van der Waals surface area (Å²) in [7, 11) is -4.68. The van der Waals surface area contributed by atoms with Crippen LogP contribution in [0.2, 0.25) is 0 Å². The van der Waals surface area contributed by atoms with E-state index in [2.05, 4.69) is 0 Å². The summed E-state index contributed by atoms with van der Waals surface area (Å²) in [6.07, 6.45) is 0.989. The molecule has 0 bridgehead atoms. The van der Waals surface area contributed by atoms with E-state index in [1.54, 1.807) is 24.3 Å². The first-order valence-electron chi connectivity index (χ1n) is 7.04. The number of ether oxygens (including phenoxy) is 1. The Bertz CT molecular complexity index is 936. The molecule has 6 nitrogen and oxygen atoms in total. The van der Waals surface area contributed by atoms with Crippen molar-refractivity contribution in [2.75, 3.05) is 20.4 Å². The molecule has 0 aliphatic carbocycles. The standard InChI is InChI=1S/C16H19NO5S2/c1-17(12-13-7-6-8-14(11-13)22-2)24(20,21)16-10-5-4-9-15(16)23(3,18)19/h4-11H,12H2,1-3H3. The van der Waals surface area contributed by atoms with Crippen LogP contribution in [-0.4, -0.2) is 41.6 Å². The highest BCUT2D eigenvalue weighted by Gasteiger charge is 2.27. The molecule has 0 aliphatic rings. The molecule has 0 heterocycles. The highest BCUT2D eigenvalue weighted by molar-refractivity contribution is 7.93. The number of sulfonamides is 1. The Kier molecular flexibility index (Phi) is 5.32. The van der Waals surface area contributed by atoms with Crippen LogP contribution < -0.4 is 4.74 Å². The lowest BCUT2D eigenvalue weighted by molar-refractivity contribution is 0.412. The van der Waals surface area contributed by atoms with Crippen molar-refractivity contribution in [2.45, 2.75) is 16.3 Å². The van der Waals surface area contributed by atoms with Crippen LogP contribution in [0.15, 0.2) is 58.3 Å². The summed E-state index contributed by atoms with van der Waals surface area (Å²) >= 11 is 0. The topological polar surface area (TPSA) is 80.8 Å². The van der Waals surface area contributed by atoms with Crippen molar-refractivity contribution in [1.29, 1.82) is 0 Å². The molecule has 2 aromatic rings. The predicted octanol–water partition coefficient (Wildman–Crippen LogP) is 1.92. The molecular weight excluding hydrogens is 350 g/mol. The number of rotatable bonds is 6. The van der Waals surface area contributed by atoms with E-state index in [1.807, 2.05) is 0 Å². The molecule has 0 atom stereocenters. The van der Waals surface area contributed by atoms with Crippen molar-refractivity contribution in [3.8, 4) is 5.75 Å². The average Bonchev–Trinajstić information content (AvgIpc) is 2.54. The summed E-state index contributed by atoms with van der Waals surface area (Å²) in [5.74, 6) is 0.620. The van der Waals surface area contributed by atoms with Gasteiger partial charge < -0.3 is 4.74 Å². The molecule has 8 heteroatoms. The SMILES string of the molecule is COc1cccc(CN(C)S(=O)(=O)c2ccccc2S(C)(=O)=O)c1. The van der Waals surface area contributed by atoms with E-state index in [9.17, 15) is 16.8 Å². The summed E-state index contributed by atoms with van der Waals surface area (Å²) in [5.41, 5.74) is 0.734. The molecule has 2 rings (SSSR count). The van der Waals surface area contributed by atoms with Gasteiger partial charge in [-0.1, -0.05) is 24.3 Å². The number of hydrogen-bond donors (Lipinski definition) is 0. The second-order valence-corrected chi connectivity index (χ2v) is 9.33. The van der Waals surface area contributed by atoms with Crippen LogP contribution >= 0.6 is 0 Å². The first-order chi connectivity index (χ1) is 11.2. The first kappa shape index (κ1) is 18.4. The second kappa shape index (κ2) is 6.92. The zero-order chi connectivity index (χ0) is 18.0. The molecule has 0 radical (unpaired) electrons. The minimum Gasteiger partial charge on any atom is -0.497 e. The van der Waals surface area contributed by atoms with Gasteiger partial charge in [-0.15, -0.1) is 0 Å². The zero-order valence-electron chi connectivity index (χ0n) is 13.6. The van der Waals surface area contributed by atoms with Gasteiger partial charge in [-0.25, -0.2) is 16.8 Å². The Morgan fingerprint density at radius 3 is 2.17 bits per heavy atom. The van der Waals surface area contributed by atoms with Crippen LogP contribution in [0, 0.1) is 0 Å². The third-order valence-corrected chi connectivity index (χ3v) is 6.62. The Morgan fingerprint density at radius 2 is 1.58 bits per heavy atom. The Hall–Kier alpha value is -1.90. The summed E-state index contributed by atoms with van der Waals surface area (Å²) in [6, 6.07) is 12.6. The lowest BCUT2D eigenvalue weighted by Crippen LogP contribution is -2.27. The molecule has 0 spiro atoms. The van der Waals surface area contributed by atoms with Gasteiger partial charge in [0.15, 0.2) is 9.84 Å². The van der Waals surface area contributed by atoms with E-state index in [0.29, 0.717) is 5.75 Å². The van der Waals surface area contributed by atoms with Crippen molar-refractivity contribution in [2.24, 2.45) is 0 Å². The lowest BCUT2D eigenvalue weighted by Gasteiger charge is -2.19. The van der Waals surface area contributed by atoms with Gasteiger partial charge in [-0.2, -0.15) is 4.31 Å². The van der Waals surface area contributed by atoms with Crippen LogP contribution in [0.25, 0.3) is 0 Å². The fraction of sp³-hybridized carbons (Fsp3) is 0.250. The number of benzene rings is 2. The Labute approximate surface area is 142 Å². The highest BCUT2D eigenvalue weighted by Crippen LogP contribution is 2.25. The van der Waals surface area contributed by atoms with Crippen molar-refractivity contribution < 1.29 is 21.6 Å². The lowest BCUT2D eigenvalue weighted by atomic mass is 10.2. The van der Waals surface area contributed by atoms with Crippen molar-refractivity contribution in [1.82, 2.24) is 4.31 Å². The van der Waals surface area contributed by atoms with Gasteiger partial charge in [0.05, 0.1) is 12.0 Å². The smallest absolute Gasteiger partial charge is 0.244 e. The third kappa shape index (κ3) is 3.95. The van der Waals surface area contributed by atoms with Gasteiger partial charge in [-0.05, 0) is 29.8 Å². The van der Waals surface area contributed by atoms with Crippen molar-refractivity contribution in [3.05, 3.63) is 54.1 Å². The van der Waals surface area contributed by atoms with E-state index in [4.69, 9.17) is 4.74 Å². The molecule has 0 N–H and O–H groups in total. The van der Waals surface area contributed by atoms with Gasteiger partial charge in [0.2, 0.25) is 10.0 Å². The number of nitrogens with zero attached hydrogens (tertiary/aromatic N) is 1. The van der Waals surface area contributed by atoms with E-state index in [1.165, 1.54) is 38.4 Å².